The second kappa shape index (κ2) is 6.27. The predicted octanol–water partition coefficient (Wildman–Crippen LogP) is 3.10. The van der Waals surface area contributed by atoms with E-state index in [1.54, 1.807) is 0 Å². The first-order valence-electron chi connectivity index (χ1n) is 7.27. The van der Waals surface area contributed by atoms with E-state index in [0.29, 0.717) is 0 Å². The molecule has 2 fully saturated rings. The first kappa shape index (κ1) is 12.7. The molecule has 3 nitrogen and oxygen atoms in total. The number of urea groups is 1. The second-order valence-electron chi connectivity index (χ2n) is 5.71. The molecule has 1 aliphatic heterocycles. The van der Waals surface area contributed by atoms with Crippen LogP contribution in [0.5, 0.6) is 0 Å². The van der Waals surface area contributed by atoms with E-state index in [1.165, 1.54) is 51.4 Å². The van der Waals surface area contributed by atoms with Gasteiger partial charge in [0.15, 0.2) is 0 Å². The van der Waals surface area contributed by atoms with Crippen molar-refractivity contribution in [3.05, 3.63) is 0 Å². The van der Waals surface area contributed by atoms with Gasteiger partial charge in [0.25, 0.3) is 0 Å². The van der Waals surface area contributed by atoms with Crippen molar-refractivity contribution in [2.24, 2.45) is 5.92 Å². The Balaban J connectivity index is 1.80. The third kappa shape index (κ3) is 3.62. The molecule has 0 N–H and O–H groups in total. The van der Waals surface area contributed by atoms with Crippen molar-refractivity contribution in [2.75, 3.05) is 26.7 Å². The third-order valence-electron chi connectivity index (χ3n) is 4.21. The SMILES string of the molecule is CN(CC1CCCC1)C(=O)N1CCCCCC1. The molecule has 3 heteroatoms. The first-order chi connectivity index (χ1) is 8.27. The second-order valence-corrected chi connectivity index (χ2v) is 5.71. The van der Waals surface area contributed by atoms with E-state index in [2.05, 4.69) is 4.90 Å². The summed E-state index contributed by atoms with van der Waals surface area (Å²) >= 11 is 0. The fourth-order valence-electron chi connectivity index (χ4n) is 3.16. The Morgan fingerprint density at radius 2 is 1.65 bits per heavy atom. The normalized spacial score (nSPS) is 22.5. The van der Waals surface area contributed by atoms with Crippen molar-refractivity contribution in [2.45, 2.75) is 51.4 Å². The predicted molar refractivity (Wildman–Crippen MR) is 70.0 cm³/mol. The Hall–Kier alpha value is -0.730. The van der Waals surface area contributed by atoms with Crippen molar-refractivity contribution in [1.29, 1.82) is 0 Å². The lowest BCUT2D eigenvalue weighted by atomic mass is 10.1. The summed E-state index contributed by atoms with van der Waals surface area (Å²) in [7, 11) is 1.98. The topological polar surface area (TPSA) is 23.6 Å². The van der Waals surface area contributed by atoms with E-state index in [-0.39, 0.29) is 6.03 Å². The van der Waals surface area contributed by atoms with Gasteiger partial charge >= 0.3 is 6.03 Å². The molecule has 2 rings (SSSR count). The summed E-state index contributed by atoms with van der Waals surface area (Å²) < 4.78 is 0. The van der Waals surface area contributed by atoms with Crippen molar-refractivity contribution in [3.63, 3.8) is 0 Å². The minimum absolute atomic E-state index is 0.263. The average molecular weight is 238 g/mol. The summed E-state index contributed by atoms with van der Waals surface area (Å²) in [5.41, 5.74) is 0. The lowest BCUT2D eigenvalue weighted by molar-refractivity contribution is 0.158. The fourth-order valence-corrected chi connectivity index (χ4v) is 3.16. The summed E-state index contributed by atoms with van der Waals surface area (Å²) in [6.45, 7) is 2.90. The third-order valence-corrected chi connectivity index (χ3v) is 4.21. The highest BCUT2D eigenvalue weighted by atomic mass is 16.2. The minimum Gasteiger partial charge on any atom is -0.327 e. The Morgan fingerprint density at radius 3 is 2.24 bits per heavy atom. The zero-order chi connectivity index (χ0) is 12.1. The number of rotatable bonds is 2. The van der Waals surface area contributed by atoms with Crippen LogP contribution in [-0.2, 0) is 0 Å². The Kier molecular flexibility index (Phi) is 4.69. The van der Waals surface area contributed by atoms with Crippen molar-refractivity contribution in [3.8, 4) is 0 Å². The molecule has 0 aromatic heterocycles. The van der Waals surface area contributed by atoms with Crippen LogP contribution in [0.3, 0.4) is 0 Å². The van der Waals surface area contributed by atoms with Gasteiger partial charge < -0.3 is 9.80 Å². The van der Waals surface area contributed by atoms with Crippen LogP contribution in [-0.4, -0.2) is 42.5 Å². The molecule has 2 amide bonds. The quantitative estimate of drug-likeness (QED) is 0.725. The molecule has 0 bridgehead atoms. The molecule has 2 aliphatic rings. The number of carbonyl (C=O) groups is 1. The monoisotopic (exact) mass is 238 g/mol. The van der Waals surface area contributed by atoms with E-state index in [9.17, 15) is 4.79 Å². The maximum absolute atomic E-state index is 12.3. The molecular formula is C14H26N2O. The van der Waals surface area contributed by atoms with Crippen LogP contribution >= 0.6 is 0 Å². The van der Waals surface area contributed by atoms with Crippen LogP contribution < -0.4 is 0 Å². The Labute approximate surface area is 105 Å². The first-order valence-corrected chi connectivity index (χ1v) is 7.27. The molecule has 0 spiro atoms. The largest absolute Gasteiger partial charge is 0.327 e. The van der Waals surface area contributed by atoms with Crippen LogP contribution in [0.2, 0.25) is 0 Å². The lowest BCUT2D eigenvalue weighted by Gasteiger charge is -2.28. The van der Waals surface area contributed by atoms with Crippen molar-refractivity contribution < 1.29 is 4.79 Å². The minimum atomic E-state index is 0.263. The summed E-state index contributed by atoms with van der Waals surface area (Å²) in [6.07, 6.45) is 10.3. The molecule has 17 heavy (non-hydrogen) atoms. The van der Waals surface area contributed by atoms with Crippen LogP contribution in [0.1, 0.15) is 51.4 Å². The average Bonchev–Trinajstić information content (AvgIpc) is 2.68. The standard InChI is InChI=1S/C14H26N2O/c1-15(12-13-8-4-5-9-13)14(17)16-10-6-2-3-7-11-16/h13H,2-12H2,1H3. The Morgan fingerprint density at radius 1 is 1.06 bits per heavy atom. The molecule has 0 radical (unpaired) electrons. The van der Waals surface area contributed by atoms with Gasteiger partial charge in [-0.25, -0.2) is 4.79 Å². The highest BCUT2D eigenvalue weighted by Crippen LogP contribution is 2.25. The van der Waals surface area contributed by atoms with Gasteiger partial charge in [-0.1, -0.05) is 25.7 Å². The summed E-state index contributed by atoms with van der Waals surface area (Å²) in [5, 5.41) is 0. The molecule has 0 atom stereocenters. The number of nitrogens with zero attached hydrogens (tertiary/aromatic N) is 2. The zero-order valence-electron chi connectivity index (χ0n) is 11.2. The number of carbonyl (C=O) groups excluding carboxylic acids is 1. The molecule has 0 unspecified atom stereocenters. The van der Waals surface area contributed by atoms with Crippen LogP contribution in [0.15, 0.2) is 0 Å². The van der Waals surface area contributed by atoms with Crippen LogP contribution in [0.25, 0.3) is 0 Å². The van der Waals surface area contributed by atoms with E-state index in [1.807, 2.05) is 11.9 Å². The number of likely N-dealkylation sites (tertiary alicyclic amines) is 1. The van der Waals surface area contributed by atoms with Gasteiger partial charge in [-0.15, -0.1) is 0 Å². The van der Waals surface area contributed by atoms with E-state index < -0.39 is 0 Å². The summed E-state index contributed by atoms with van der Waals surface area (Å²) in [4.78, 5) is 16.3. The van der Waals surface area contributed by atoms with Gasteiger partial charge in [-0.05, 0) is 31.6 Å². The smallest absolute Gasteiger partial charge is 0.319 e. The molecule has 98 valence electrons. The molecule has 0 aromatic carbocycles. The summed E-state index contributed by atoms with van der Waals surface area (Å²) in [5.74, 6) is 0.760. The fraction of sp³-hybridized carbons (Fsp3) is 0.929. The molecule has 0 aromatic rings. The molecule has 1 aliphatic carbocycles. The zero-order valence-corrected chi connectivity index (χ0v) is 11.2. The van der Waals surface area contributed by atoms with Gasteiger partial charge in [0.2, 0.25) is 0 Å². The molecule has 1 saturated heterocycles. The molecule has 1 saturated carbocycles. The number of hydrogen-bond acceptors (Lipinski definition) is 1. The highest BCUT2D eigenvalue weighted by molar-refractivity contribution is 5.74. The van der Waals surface area contributed by atoms with Crippen LogP contribution in [0.4, 0.5) is 4.79 Å². The van der Waals surface area contributed by atoms with Gasteiger partial charge in [0.1, 0.15) is 0 Å². The van der Waals surface area contributed by atoms with E-state index >= 15 is 0 Å². The maximum Gasteiger partial charge on any atom is 0.319 e. The number of amides is 2. The van der Waals surface area contributed by atoms with E-state index in [0.717, 1.165) is 25.6 Å². The van der Waals surface area contributed by atoms with Crippen molar-refractivity contribution in [1.82, 2.24) is 9.80 Å². The van der Waals surface area contributed by atoms with Gasteiger partial charge in [0.05, 0.1) is 0 Å². The van der Waals surface area contributed by atoms with Gasteiger partial charge in [-0.3, -0.25) is 0 Å². The molecule has 1 heterocycles. The highest BCUT2D eigenvalue weighted by Gasteiger charge is 2.23. The maximum atomic E-state index is 12.3. The molecular weight excluding hydrogens is 212 g/mol. The lowest BCUT2D eigenvalue weighted by Crippen LogP contribution is -2.43. The summed E-state index contributed by atoms with van der Waals surface area (Å²) in [6, 6.07) is 0.263. The van der Waals surface area contributed by atoms with Gasteiger partial charge in [0, 0.05) is 26.7 Å². The number of hydrogen-bond donors (Lipinski definition) is 0. The van der Waals surface area contributed by atoms with Crippen molar-refractivity contribution >= 4 is 6.03 Å². The van der Waals surface area contributed by atoms with Gasteiger partial charge in [-0.2, -0.15) is 0 Å². The van der Waals surface area contributed by atoms with E-state index in [4.69, 9.17) is 0 Å². The Bertz CT molecular complexity index is 241. The van der Waals surface area contributed by atoms with Crippen LogP contribution in [0, 0.1) is 5.92 Å².